The predicted octanol–water partition coefficient (Wildman–Crippen LogP) is 2.94. The second-order valence-electron chi connectivity index (χ2n) is 7.98. The van der Waals surface area contributed by atoms with Crippen LogP contribution in [0, 0.1) is 0 Å². The molecule has 0 bridgehead atoms. The van der Waals surface area contributed by atoms with E-state index in [-0.39, 0.29) is 25.0 Å². The van der Waals surface area contributed by atoms with Crippen LogP contribution in [0.15, 0.2) is 42.5 Å². The summed E-state index contributed by atoms with van der Waals surface area (Å²) in [6.07, 6.45) is -0.664. The number of fused-ring (bicyclic) bond motifs is 1. The maximum atomic E-state index is 12.9. The average Bonchev–Trinajstić information content (AvgIpc) is 2.80. The molecule has 0 saturated carbocycles. The van der Waals surface area contributed by atoms with Gasteiger partial charge in [-0.15, -0.1) is 0 Å². The molecule has 2 heterocycles. The lowest BCUT2D eigenvalue weighted by molar-refractivity contribution is -0.146. The number of amides is 2. The molecule has 32 heavy (non-hydrogen) atoms. The third-order valence-electron chi connectivity index (χ3n) is 5.59. The van der Waals surface area contributed by atoms with E-state index in [1.807, 2.05) is 36.2 Å². The van der Waals surface area contributed by atoms with E-state index in [9.17, 15) is 9.59 Å². The molecule has 0 radical (unpaired) electrons. The molecular weight excluding hydrogens is 453 g/mol. The van der Waals surface area contributed by atoms with Crippen LogP contribution in [0.2, 0.25) is 10.0 Å². The van der Waals surface area contributed by atoms with Crippen LogP contribution in [-0.4, -0.2) is 79.0 Å². The average molecular weight is 478 g/mol. The number of rotatable bonds is 5. The highest BCUT2D eigenvalue weighted by molar-refractivity contribution is 6.35. The predicted molar refractivity (Wildman–Crippen MR) is 122 cm³/mol. The minimum absolute atomic E-state index is 0.0239. The molecule has 2 aromatic carbocycles. The number of hydrogen-bond donors (Lipinski definition) is 0. The highest BCUT2D eigenvalue weighted by Gasteiger charge is 2.33. The van der Waals surface area contributed by atoms with Gasteiger partial charge in [0.05, 0.1) is 6.54 Å². The Morgan fingerprint density at radius 2 is 1.72 bits per heavy atom. The molecular formula is C23H25Cl2N3O4. The first-order valence-corrected chi connectivity index (χ1v) is 11.2. The molecule has 170 valence electrons. The van der Waals surface area contributed by atoms with Gasteiger partial charge in [0.1, 0.15) is 6.61 Å². The van der Waals surface area contributed by atoms with Crippen molar-refractivity contribution in [1.82, 2.24) is 14.7 Å². The van der Waals surface area contributed by atoms with Crippen molar-refractivity contribution in [2.75, 3.05) is 46.4 Å². The number of hydrogen-bond acceptors (Lipinski definition) is 5. The fraction of sp³-hybridized carbons (Fsp3) is 0.391. The maximum Gasteiger partial charge on any atom is 0.267 e. The topological polar surface area (TPSA) is 62.3 Å². The third kappa shape index (κ3) is 5.28. The van der Waals surface area contributed by atoms with Crippen molar-refractivity contribution in [2.24, 2.45) is 0 Å². The smallest absolute Gasteiger partial charge is 0.267 e. The van der Waals surface area contributed by atoms with Crippen LogP contribution >= 0.6 is 23.2 Å². The fourth-order valence-electron chi connectivity index (χ4n) is 3.85. The Balaban J connectivity index is 1.25. The molecule has 9 heteroatoms. The second kappa shape index (κ2) is 9.98. The van der Waals surface area contributed by atoms with Gasteiger partial charge < -0.3 is 19.3 Å². The van der Waals surface area contributed by atoms with E-state index < -0.39 is 6.10 Å². The summed E-state index contributed by atoms with van der Waals surface area (Å²) in [6.45, 7) is 2.92. The molecule has 0 aliphatic carbocycles. The van der Waals surface area contributed by atoms with Crippen molar-refractivity contribution in [3.05, 3.63) is 58.1 Å². The third-order valence-corrected chi connectivity index (χ3v) is 6.18. The van der Waals surface area contributed by atoms with Crippen LogP contribution in [0.4, 0.5) is 0 Å². The van der Waals surface area contributed by atoms with Crippen molar-refractivity contribution >= 4 is 35.0 Å². The van der Waals surface area contributed by atoms with Crippen LogP contribution in [-0.2, 0) is 16.1 Å². The van der Waals surface area contributed by atoms with E-state index >= 15 is 0 Å². The number of halogens is 2. The number of ether oxygens (including phenoxy) is 2. The molecule has 7 nitrogen and oxygen atoms in total. The van der Waals surface area contributed by atoms with Gasteiger partial charge in [0.25, 0.3) is 5.91 Å². The first-order chi connectivity index (χ1) is 15.4. The van der Waals surface area contributed by atoms with E-state index in [4.69, 9.17) is 32.7 Å². The van der Waals surface area contributed by atoms with Crippen molar-refractivity contribution in [3.63, 3.8) is 0 Å². The van der Waals surface area contributed by atoms with Crippen molar-refractivity contribution < 1.29 is 19.1 Å². The number of likely N-dealkylation sites (N-methyl/N-ethyl adjacent to an activating group) is 1. The molecule has 2 amide bonds. The Morgan fingerprint density at radius 3 is 2.44 bits per heavy atom. The van der Waals surface area contributed by atoms with Gasteiger partial charge in [0.2, 0.25) is 12.0 Å². The summed E-state index contributed by atoms with van der Waals surface area (Å²) in [4.78, 5) is 31.0. The number of piperazine rings is 1. The van der Waals surface area contributed by atoms with E-state index in [0.29, 0.717) is 54.3 Å². The van der Waals surface area contributed by atoms with Crippen molar-refractivity contribution in [1.29, 1.82) is 0 Å². The van der Waals surface area contributed by atoms with Gasteiger partial charge in [-0.3, -0.25) is 14.5 Å². The van der Waals surface area contributed by atoms with E-state index in [1.54, 1.807) is 28.0 Å². The maximum absolute atomic E-state index is 12.9. The Hall–Kier alpha value is -2.48. The quantitative estimate of drug-likeness (QED) is 0.662. The molecule has 1 unspecified atom stereocenters. The highest BCUT2D eigenvalue weighted by atomic mass is 35.5. The van der Waals surface area contributed by atoms with Gasteiger partial charge in [0.15, 0.2) is 11.5 Å². The molecule has 1 fully saturated rings. The lowest BCUT2D eigenvalue weighted by atomic mass is 10.2. The Labute approximate surface area is 197 Å². The number of nitrogens with zero attached hydrogens (tertiary/aromatic N) is 3. The minimum Gasteiger partial charge on any atom is -0.485 e. The lowest BCUT2D eigenvalue weighted by Gasteiger charge is -2.37. The molecule has 2 aliphatic heterocycles. The Kier molecular flexibility index (Phi) is 7.08. The van der Waals surface area contributed by atoms with Gasteiger partial charge in [-0.25, -0.2) is 0 Å². The Morgan fingerprint density at radius 1 is 1.03 bits per heavy atom. The molecule has 2 aliphatic rings. The first-order valence-electron chi connectivity index (χ1n) is 10.5. The summed E-state index contributed by atoms with van der Waals surface area (Å²) in [5.74, 6) is 1.14. The molecule has 0 N–H and O–H groups in total. The van der Waals surface area contributed by atoms with Gasteiger partial charge in [0, 0.05) is 42.8 Å². The molecule has 1 saturated heterocycles. The van der Waals surface area contributed by atoms with Gasteiger partial charge in [-0.1, -0.05) is 41.4 Å². The number of carbonyl (C=O) groups is 2. The summed E-state index contributed by atoms with van der Waals surface area (Å²) >= 11 is 12.2. The van der Waals surface area contributed by atoms with Crippen LogP contribution in [0.1, 0.15) is 5.56 Å². The fourth-order valence-corrected chi connectivity index (χ4v) is 4.32. The van der Waals surface area contributed by atoms with E-state index in [2.05, 4.69) is 0 Å². The zero-order valence-electron chi connectivity index (χ0n) is 17.8. The van der Waals surface area contributed by atoms with E-state index in [1.165, 1.54) is 0 Å². The van der Waals surface area contributed by atoms with Crippen molar-refractivity contribution in [3.8, 4) is 11.5 Å². The van der Waals surface area contributed by atoms with Crippen molar-refractivity contribution in [2.45, 2.75) is 12.6 Å². The summed E-state index contributed by atoms with van der Waals surface area (Å²) in [5.41, 5.74) is 0.915. The van der Waals surface area contributed by atoms with Gasteiger partial charge in [-0.2, -0.15) is 0 Å². The minimum atomic E-state index is -0.664. The summed E-state index contributed by atoms with van der Waals surface area (Å²) in [6, 6.07) is 12.7. The zero-order valence-corrected chi connectivity index (χ0v) is 19.3. The van der Waals surface area contributed by atoms with Crippen LogP contribution < -0.4 is 9.47 Å². The lowest BCUT2D eigenvalue weighted by Crippen LogP contribution is -2.56. The summed E-state index contributed by atoms with van der Waals surface area (Å²) in [5, 5.41) is 1.17. The number of benzene rings is 2. The van der Waals surface area contributed by atoms with E-state index in [0.717, 1.165) is 5.56 Å². The number of carbonyl (C=O) groups excluding carboxylic acids is 2. The summed E-state index contributed by atoms with van der Waals surface area (Å²) in [7, 11) is 1.88. The standard InChI is InChI=1S/C23H25Cl2N3O4/c1-26(13-16-6-7-17(24)12-18(16)25)14-22(29)27-8-10-28(11-9-27)23(30)21-15-31-19-4-2-3-5-20(19)32-21/h2-7,12,21H,8-11,13-15H2,1H3. The molecule has 0 aromatic heterocycles. The Bertz CT molecular complexity index is 995. The second-order valence-corrected chi connectivity index (χ2v) is 8.82. The zero-order chi connectivity index (χ0) is 22.7. The SMILES string of the molecule is CN(CC(=O)N1CCN(C(=O)C2COc3ccccc3O2)CC1)Cc1ccc(Cl)cc1Cl. The molecule has 4 rings (SSSR count). The molecule has 2 aromatic rings. The van der Waals surface area contributed by atoms with Gasteiger partial charge >= 0.3 is 0 Å². The molecule has 0 spiro atoms. The van der Waals surface area contributed by atoms with Crippen LogP contribution in [0.25, 0.3) is 0 Å². The highest BCUT2D eigenvalue weighted by Crippen LogP contribution is 2.31. The van der Waals surface area contributed by atoms with Crippen LogP contribution in [0.3, 0.4) is 0 Å². The molecule has 1 atom stereocenters. The summed E-state index contributed by atoms with van der Waals surface area (Å²) < 4.78 is 11.5. The van der Waals surface area contributed by atoms with Crippen LogP contribution in [0.5, 0.6) is 11.5 Å². The van der Waals surface area contributed by atoms with Gasteiger partial charge in [-0.05, 0) is 36.9 Å². The normalized spacial score (nSPS) is 18.1. The monoisotopic (exact) mass is 477 g/mol. The largest absolute Gasteiger partial charge is 0.485 e. The first kappa shape index (κ1) is 22.7. The number of para-hydroxylation sites is 2.